The molecule has 172 valence electrons. The number of aryl methyl sites for hydroxylation is 1. The van der Waals surface area contributed by atoms with Gasteiger partial charge in [0.25, 0.3) is 0 Å². The van der Waals surface area contributed by atoms with E-state index in [0.717, 1.165) is 31.6 Å². The molecule has 31 heavy (non-hydrogen) atoms. The summed E-state index contributed by atoms with van der Waals surface area (Å²) in [6.07, 6.45) is 8.20. The molecule has 2 bridgehead atoms. The van der Waals surface area contributed by atoms with Crippen molar-refractivity contribution >= 4 is 11.8 Å². The molecule has 1 fully saturated rings. The topological polar surface area (TPSA) is 61.9 Å². The Balaban J connectivity index is 1.73. The average molecular weight is 430 g/mol. The molecule has 6 nitrogen and oxygen atoms in total. The van der Waals surface area contributed by atoms with Gasteiger partial charge in [-0.2, -0.15) is 0 Å². The number of ether oxygens (including phenoxy) is 1. The number of carbonyl (C=O) groups is 2. The van der Waals surface area contributed by atoms with E-state index in [0.29, 0.717) is 25.7 Å². The van der Waals surface area contributed by atoms with Gasteiger partial charge in [0.05, 0.1) is 6.54 Å². The molecular weight excluding hydrogens is 390 g/mol. The minimum absolute atomic E-state index is 0.0554. The van der Waals surface area contributed by atoms with Crippen molar-refractivity contribution < 1.29 is 14.3 Å². The molecule has 0 aromatic heterocycles. The Hall–Kier alpha value is -2.08. The molecule has 0 aliphatic carbocycles. The molecule has 0 spiro atoms. The molecule has 2 heterocycles. The van der Waals surface area contributed by atoms with E-state index in [-0.39, 0.29) is 11.8 Å². The summed E-state index contributed by atoms with van der Waals surface area (Å²) in [7, 11) is 0. The zero-order valence-corrected chi connectivity index (χ0v) is 19.5. The zero-order valence-electron chi connectivity index (χ0n) is 19.5. The van der Waals surface area contributed by atoms with Crippen molar-refractivity contribution in [3.8, 4) is 5.75 Å². The molecule has 2 aliphatic heterocycles. The molecule has 1 aromatic carbocycles. The lowest BCUT2D eigenvalue weighted by Gasteiger charge is -2.36. The summed E-state index contributed by atoms with van der Waals surface area (Å²) >= 11 is 0. The zero-order chi connectivity index (χ0) is 22.3. The third-order valence-corrected chi connectivity index (χ3v) is 6.48. The highest BCUT2D eigenvalue weighted by Gasteiger charge is 2.32. The number of nitrogens with one attached hydrogen (secondary N) is 1. The fourth-order valence-electron chi connectivity index (χ4n) is 4.90. The van der Waals surface area contributed by atoms with Crippen molar-refractivity contribution in [3.63, 3.8) is 0 Å². The lowest BCUT2D eigenvalue weighted by molar-refractivity contribution is -0.140. The van der Waals surface area contributed by atoms with Crippen LogP contribution in [0.5, 0.6) is 5.75 Å². The average Bonchev–Trinajstić information content (AvgIpc) is 2.73. The fraction of sp³-hybridized carbons (Fsp3) is 0.680. The standard InChI is InChI=1S/C25H39N3O3/c1-20(29)26-25(2,3)24(30)28-16-7-6-15-27-14-5-4-10-22(27)13-12-21-9-8-11-23(19-21)31-18-17-28/h8-9,11,19,22H,4-7,10,12-18H2,1-3H3,(H,26,29). The molecule has 6 heteroatoms. The monoisotopic (exact) mass is 429 g/mol. The smallest absolute Gasteiger partial charge is 0.247 e. The number of rotatable bonds is 2. The van der Waals surface area contributed by atoms with E-state index < -0.39 is 5.54 Å². The second-order valence-electron chi connectivity index (χ2n) is 9.53. The van der Waals surface area contributed by atoms with E-state index in [1.807, 2.05) is 11.0 Å². The Bertz CT molecular complexity index is 749. The number of hydrogen-bond acceptors (Lipinski definition) is 4. The molecule has 0 saturated carbocycles. The highest BCUT2D eigenvalue weighted by Crippen LogP contribution is 2.23. The van der Waals surface area contributed by atoms with E-state index in [4.69, 9.17) is 4.74 Å². The van der Waals surface area contributed by atoms with Gasteiger partial charge in [0.1, 0.15) is 17.9 Å². The number of piperidine rings is 1. The molecule has 1 saturated heterocycles. The van der Waals surface area contributed by atoms with Crippen LogP contribution >= 0.6 is 0 Å². The molecule has 0 radical (unpaired) electrons. The lowest BCUT2D eigenvalue weighted by atomic mass is 9.95. The minimum atomic E-state index is -0.924. The summed E-state index contributed by atoms with van der Waals surface area (Å²) in [5, 5.41) is 2.79. The van der Waals surface area contributed by atoms with Gasteiger partial charge in [-0.15, -0.1) is 0 Å². The van der Waals surface area contributed by atoms with Gasteiger partial charge in [-0.05, 0) is 83.2 Å². The maximum Gasteiger partial charge on any atom is 0.247 e. The van der Waals surface area contributed by atoms with E-state index in [9.17, 15) is 9.59 Å². The van der Waals surface area contributed by atoms with Gasteiger partial charge in [0, 0.05) is 19.5 Å². The van der Waals surface area contributed by atoms with Crippen molar-refractivity contribution in [2.45, 2.75) is 77.3 Å². The summed E-state index contributed by atoms with van der Waals surface area (Å²) < 4.78 is 6.01. The highest BCUT2D eigenvalue weighted by atomic mass is 16.5. The van der Waals surface area contributed by atoms with Crippen LogP contribution in [0.3, 0.4) is 0 Å². The normalized spacial score (nSPS) is 21.8. The molecule has 2 amide bonds. The number of nitrogens with zero attached hydrogens (tertiary/aromatic N) is 2. The molecule has 1 unspecified atom stereocenters. The van der Waals surface area contributed by atoms with Crippen LogP contribution in [-0.2, 0) is 16.0 Å². The van der Waals surface area contributed by atoms with Gasteiger partial charge in [-0.25, -0.2) is 0 Å². The van der Waals surface area contributed by atoms with Crippen molar-refractivity contribution in [2.24, 2.45) is 0 Å². The molecule has 1 atom stereocenters. The van der Waals surface area contributed by atoms with Crippen molar-refractivity contribution in [1.29, 1.82) is 0 Å². The van der Waals surface area contributed by atoms with Gasteiger partial charge in [-0.3, -0.25) is 9.59 Å². The van der Waals surface area contributed by atoms with Crippen molar-refractivity contribution in [1.82, 2.24) is 15.1 Å². The van der Waals surface area contributed by atoms with E-state index in [1.54, 1.807) is 13.8 Å². The predicted octanol–water partition coefficient (Wildman–Crippen LogP) is 3.39. The Morgan fingerprint density at radius 1 is 1.03 bits per heavy atom. The Labute approximate surface area is 187 Å². The first kappa shape index (κ1) is 23.6. The van der Waals surface area contributed by atoms with Crippen LogP contribution in [0.25, 0.3) is 0 Å². The fourth-order valence-corrected chi connectivity index (χ4v) is 4.90. The second kappa shape index (κ2) is 11.0. The summed E-state index contributed by atoms with van der Waals surface area (Å²) in [5.74, 6) is 0.613. The van der Waals surface area contributed by atoms with E-state index >= 15 is 0 Å². The van der Waals surface area contributed by atoms with Gasteiger partial charge in [0.2, 0.25) is 11.8 Å². The molecule has 2 aliphatic rings. The Kier molecular flexibility index (Phi) is 8.35. The molecule has 1 N–H and O–H groups in total. The highest BCUT2D eigenvalue weighted by molar-refractivity contribution is 5.90. The lowest BCUT2D eigenvalue weighted by Crippen LogP contribution is -2.56. The number of benzene rings is 1. The Morgan fingerprint density at radius 2 is 1.77 bits per heavy atom. The summed E-state index contributed by atoms with van der Waals surface area (Å²) in [4.78, 5) is 29.3. The number of fused-ring (bicyclic) bond motifs is 3. The van der Waals surface area contributed by atoms with Crippen molar-refractivity contribution in [3.05, 3.63) is 29.8 Å². The largest absolute Gasteiger partial charge is 0.492 e. The second-order valence-corrected chi connectivity index (χ2v) is 9.53. The quantitative estimate of drug-likeness (QED) is 0.783. The first-order valence-corrected chi connectivity index (χ1v) is 11.9. The van der Waals surface area contributed by atoms with E-state index in [2.05, 4.69) is 28.4 Å². The van der Waals surface area contributed by atoms with Crippen molar-refractivity contribution in [2.75, 3.05) is 32.8 Å². The third kappa shape index (κ3) is 6.96. The SMILES string of the molecule is CC(=O)NC(C)(C)C(=O)N1CCCCN2CCCCC2CCc2cccc(c2)OCC1. The van der Waals surface area contributed by atoms with Gasteiger partial charge in [0.15, 0.2) is 0 Å². The summed E-state index contributed by atoms with van der Waals surface area (Å²) in [6.45, 7) is 8.92. The van der Waals surface area contributed by atoms with Crippen LogP contribution < -0.4 is 10.1 Å². The first-order valence-electron chi connectivity index (χ1n) is 11.9. The Morgan fingerprint density at radius 3 is 2.55 bits per heavy atom. The van der Waals surface area contributed by atoms with Crippen LogP contribution in [0, 0.1) is 0 Å². The van der Waals surface area contributed by atoms with Crippen LogP contribution in [0.1, 0.15) is 64.9 Å². The third-order valence-electron chi connectivity index (χ3n) is 6.48. The molecular formula is C25H39N3O3. The molecule has 3 rings (SSSR count). The van der Waals surface area contributed by atoms with E-state index in [1.165, 1.54) is 44.7 Å². The van der Waals surface area contributed by atoms with Gasteiger partial charge < -0.3 is 19.9 Å². The van der Waals surface area contributed by atoms with Crippen LogP contribution in [-0.4, -0.2) is 66.0 Å². The van der Waals surface area contributed by atoms with Crippen LogP contribution in [0.15, 0.2) is 24.3 Å². The first-order chi connectivity index (χ1) is 14.8. The predicted molar refractivity (Wildman–Crippen MR) is 123 cm³/mol. The molecule has 1 aromatic rings. The number of amides is 2. The minimum Gasteiger partial charge on any atom is -0.492 e. The van der Waals surface area contributed by atoms with Crippen LogP contribution in [0.2, 0.25) is 0 Å². The summed E-state index contributed by atoms with van der Waals surface area (Å²) in [6, 6.07) is 9.02. The number of hydrogen-bond donors (Lipinski definition) is 1. The maximum atomic E-state index is 13.2. The maximum absolute atomic E-state index is 13.2. The van der Waals surface area contributed by atoms with Gasteiger partial charge >= 0.3 is 0 Å². The van der Waals surface area contributed by atoms with Gasteiger partial charge in [-0.1, -0.05) is 18.6 Å². The van der Waals surface area contributed by atoms with Crippen LogP contribution in [0.4, 0.5) is 0 Å². The number of carbonyl (C=O) groups excluding carboxylic acids is 2. The summed E-state index contributed by atoms with van der Waals surface area (Å²) in [5.41, 5.74) is 0.393.